The molecule has 0 unspecified atom stereocenters. The highest BCUT2D eigenvalue weighted by molar-refractivity contribution is 5.73. The number of rotatable bonds is 10. The largest absolute Gasteiger partial charge is 0.481 e. The molecule has 6 fully saturated rings. The minimum absolute atomic E-state index is 0.0754. The summed E-state index contributed by atoms with van der Waals surface area (Å²) in [5, 5.41) is 9.57. The van der Waals surface area contributed by atoms with Crippen LogP contribution in [-0.4, -0.2) is 52.8 Å². The lowest BCUT2D eigenvalue weighted by atomic mass is 9.31. The summed E-state index contributed by atoms with van der Waals surface area (Å²) in [7, 11) is 0. The van der Waals surface area contributed by atoms with Crippen LogP contribution in [0, 0.1) is 62.1 Å². The highest BCUT2D eigenvalue weighted by atomic mass is 16.6. The molecule has 7 heteroatoms. The van der Waals surface area contributed by atoms with Crippen molar-refractivity contribution < 1.29 is 28.7 Å². The molecule has 0 aromatic rings. The van der Waals surface area contributed by atoms with Gasteiger partial charge in [0.1, 0.15) is 5.60 Å². The van der Waals surface area contributed by atoms with Crippen molar-refractivity contribution in [1.82, 2.24) is 0 Å². The smallest absolute Gasteiger partial charge is 0.414 e. The number of allylic oxidation sites excluding steroid dienone is 1. The van der Waals surface area contributed by atoms with E-state index in [9.17, 15) is 19.5 Å². The van der Waals surface area contributed by atoms with E-state index in [0.29, 0.717) is 46.0 Å². The Morgan fingerprint density at radius 3 is 2.13 bits per heavy atom. The van der Waals surface area contributed by atoms with E-state index in [1.807, 2.05) is 13.8 Å². The molecule has 1 aliphatic heterocycles. The van der Waals surface area contributed by atoms with Gasteiger partial charge >= 0.3 is 18.0 Å². The molecular formula is C45H75N2O5+. The van der Waals surface area contributed by atoms with Gasteiger partial charge in [-0.15, -0.1) is 0 Å². The average Bonchev–Trinajstić information content (AvgIpc) is 3.64. The Balaban J connectivity index is 1.30. The standard InChI is InChI=1S/C45H74N2O5/c1-30(2)31-16-19-41(7)21-23-43(9)32(37(31)41)14-15-34-42(8)22-24-45(40(5,6)33(42)17-20-44(34,43)10,52-36(50)29-39(3,4)28-35(48)49)18-13-27-47(38(46)51)25-11-12-26-47/h31-34,37H,1,11-29H2,2-10H3,(H2-,46,48,49,51)/p+1/t31-,32+,33-,34+,37+,41+,42-,43+,44+,45-/m0/s1. The number of carboxylic acids is 1. The summed E-state index contributed by atoms with van der Waals surface area (Å²) < 4.78 is 7.20. The fourth-order valence-electron chi connectivity index (χ4n) is 15.5. The SMILES string of the molecule is C=C(C)[C@@H]1CC[C@]2(C)CC[C@]3(C)[C@H](CC[C@@H]4[C@@]5(C)CC[C@](CCC[N+]6(C(N)=O)CCCC6)(OC(=O)CC(C)(C)CC(=O)O)C(C)(C)[C@@H]5CC[C@]43C)[C@@H]12. The van der Waals surface area contributed by atoms with E-state index >= 15 is 0 Å². The second kappa shape index (κ2) is 13.1. The van der Waals surface area contributed by atoms with Gasteiger partial charge < -0.3 is 15.6 Å². The van der Waals surface area contributed by atoms with Crippen LogP contribution >= 0.6 is 0 Å². The molecule has 0 spiro atoms. The zero-order valence-corrected chi connectivity index (χ0v) is 34.6. The molecule has 0 bridgehead atoms. The molecule has 52 heavy (non-hydrogen) atoms. The van der Waals surface area contributed by atoms with Crippen molar-refractivity contribution in [3.63, 3.8) is 0 Å². The van der Waals surface area contributed by atoms with Crippen molar-refractivity contribution in [2.45, 2.75) is 171 Å². The Morgan fingerprint density at radius 1 is 0.846 bits per heavy atom. The molecule has 1 heterocycles. The summed E-state index contributed by atoms with van der Waals surface area (Å²) in [6, 6.07) is -0.236. The molecule has 1 saturated heterocycles. The number of esters is 1. The number of primary amides is 1. The van der Waals surface area contributed by atoms with Gasteiger partial charge in [-0.05, 0) is 134 Å². The van der Waals surface area contributed by atoms with Crippen LogP contribution in [0.4, 0.5) is 4.79 Å². The summed E-state index contributed by atoms with van der Waals surface area (Å²) in [5.74, 6) is 1.97. The van der Waals surface area contributed by atoms with E-state index in [4.69, 9.17) is 10.5 Å². The molecule has 3 N–H and O–H groups in total. The van der Waals surface area contributed by atoms with E-state index in [0.717, 1.165) is 63.5 Å². The third-order valence-electron chi connectivity index (χ3n) is 18.5. The number of amides is 2. The predicted octanol–water partition coefficient (Wildman–Crippen LogP) is 10.3. The fraction of sp³-hybridized carbons (Fsp3) is 0.889. The van der Waals surface area contributed by atoms with Gasteiger partial charge in [0.05, 0.1) is 32.5 Å². The van der Waals surface area contributed by atoms with Gasteiger partial charge in [0.2, 0.25) is 0 Å². The van der Waals surface area contributed by atoms with E-state index < -0.39 is 17.0 Å². The number of hydrogen-bond donors (Lipinski definition) is 2. The lowest BCUT2D eigenvalue weighted by Gasteiger charge is -2.74. The van der Waals surface area contributed by atoms with Crippen LogP contribution in [0.1, 0.15) is 165 Å². The van der Waals surface area contributed by atoms with Crippen LogP contribution in [0.15, 0.2) is 12.2 Å². The van der Waals surface area contributed by atoms with Crippen LogP contribution in [0.2, 0.25) is 0 Å². The first-order chi connectivity index (χ1) is 24.0. The molecular weight excluding hydrogens is 649 g/mol. The van der Waals surface area contributed by atoms with Crippen molar-refractivity contribution in [3.8, 4) is 0 Å². The van der Waals surface area contributed by atoms with Crippen LogP contribution < -0.4 is 5.73 Å². The fourth-order valence-corrected chi connectivity index (χ4v) is 15.5. The van der Waals surface area contributed by atoms with Crippen molar-refractivity contribution in [1.29, 1.82) is 0 Å². The highest BCUT2D eigenvalue weighted by Crippen LogP contribution is 2.78. The Hall–Kier alpha value is -1.89. The number of nitrogens with two attached hydrogens (primary N) is 1. The van der Waals surface area contributed by atoms with Crippen LogP contribution in [0.25, 0.3) is 0 Å². The highest BCUT2D eigenvalue weighted by Gasteiger charge is 2.72. The lowest BCUT2D eigenvalue weighted by molar-refractivity contribution is -0.837. The zero-order chi connectivity index (χ0) is 38.3. The van der Waals surface area contributed by atoms with Gasteiger partial charge in [-0.1, -0.05) is 67.5 Å². The van der Waals surface area contributed by atoms with Gasteiger partial charge in [0, 0.05) is 24.7 Å². The second-order valence-corrected chi connectivity index (χ2v) is 21.9. The maximum atomic E-state index is 14.0. The van der Waals surface area contributed by atoms with Crippen LogP contribution in [0.5, 0.6) is 0 Å². The Bertz CT molecular complexity index is 1450. The number of carbonyl (C=O) groups excluding carboxylic acids is 2. The van der Waals surface area contributed by atoms with Gasteiger partial charge in [0.25, 0.3) is 0 Å². The molecule has 0 aromatic carbocycles. The zero-order valence-electron chi connectivity index (χ0n) is 34.6. The number of hydrogen-bond acceptors (Lipinski definition) is 4. The molecule has 5 aliphatic carbocycles. The second-order valence-electron chi connectivity index (χ2n) is 21.9. The summed E-state index contributed by atoms with van der Waals surface area (Å²) >= 11 is 0. The minimum atomic E-state index is -0.897. The molecule has 2 amide bonds. The molecule has 6 aliphatic rings. The van der Waals surface area contributed by atoms with Crippen molar-refractivity contribution >= 4 is 18.0 Å². The Labute approximate surface area is 316 Å². The molecule has 5 saturated carbocycles. The maximum Gasteiger partial charge on any atom is 0.414 e. The van der Waals surface area contributed by atoms with Gasteiger partial charge in [0.15, 0.2) is 0 Å². The monoisotopic (exact) mass is 724 g/mol. The average molecular weight is 724 g/mol. The van der Waals surface area contributed by atoms with E-state index in [2.05, 4.69) is 55.0 Å². The van der Waals surface area contributed by atoms with E-state index in [1.165, 1.54) is 50.5 Å². The quantitative estimate of drug-likeness (QED) is 0.133. The van der Waals surface area contributed by atoms with Gasteiger partial charge in [-0.3, -0.25) is 9.59 Å². The number of carbonyl (C=O) groups is 3. The number of carboxylic acid groups (broad SMARTS) is 1. The normalized spacial score (nSPS) is 43.4. The first kappa shape index (κ1) is 39.8. The number of aliphatic carboxylic acids is 1. The number of fused-ring (bicyclic) bond motifs is 7. The van der Waals surface area contributed by atoms with Crippen molar-refractivity contribution in [2.75, 3.05) is 19.6 Å². The molecule has 10 atom stereocenters. The van der Waals surface area contributed by atoms with Crippen LogP contribution in [-0.2, 0) is 14.3 Å². The summed E-state index contributed by atoms with van der Waals surface area (Å²) in [6.07, 6.45) is 15.6. The van der Waals surface area contributed by atoms with E-state index in [1.54, 1.807) is 0 Å². The molecule has 294 valence electrons. The molecule has 6 rings (SSSR count). The third-order valence-corrected chi connectivity index (χ3v) is 18.5. The third kappa shape index (κ3) is 6.03. The summed E-state index contributed by atoms with van der Waals surface area (Å²) in [4.78, 5) is 38.4. The maximum absolute atomic E-state index is 14.0. The Kier molecular flexibility index (Phi) is 10.0. The number of likely N-dealkylation sites (tertiary alicyclic amines) is 1. The van der Waals surface area contributed by atoms with Crippen LogP contribution in [0.3, 0.4) is 0 Å². The van der Waals surface area contributed by atoms with Crippen molar-refractivity contribution in [2.24, 2.45) is 67.8 Å². The first-order valence-electron chi connectivity index (χ1n) is 21.3. The predicted molar refractivity (Wildman–Crippen MR) is 207 cm³/mol. The number of urea groups is 1. The van der Waals surface area contributed by atoms with Crippen molar-refractivity contribution in [3.05, 3.63) is 12.2 Å². The minimum Gasteiger partial charge on any atom is -0.481 e. The first-order valence-corrected chi connectivity index (χ1v) is 21.3. The molecule has 0 aromatic heterocycles. The van der Waals surface area contributed by atoms with Gasteiger partial charge in [-0.25, -0.2) is 9.28 Å². The Morgan fingerprint density at radius 2 is 1.52 bits per heavy atom. The van der Waals surface area contributed by atoms with Gasteiger partial charge in [-0.2, -0.15) is 0 Å². The molecule has 0 radical (unpaired) electrons. The number of quaternary nitrogens is 1. The lowest BCUT2D eigenvalue weighted by Crippen LogP contribution is -2.69. The summed E-state index contributed by atoms with van der Waals surface area (Å²) in [5.41, 5.74) is 6.87. The topological polar surface area (TPSA) is 107 Å². The molecule has 7 nitrogen and oxygen atoms in total. The summed E-state index contributed by atoms with van der Waals surface area (Å²) in [6.45, 7) is 28.2. The number of nitrogens with zero attached hydrogens (tertiary/aromatic N) is 1. The van der Waals surface area contributed by atoms with E-state index in [-0.39, 0.29) is 41.1 Å². The number of ether oxygens (including phenoxy) is 1.